The molecule has 35 heavy (non-hydrogen) atoms. The van der Waals surface area contributed by atoms with E-state index in [0.29, 0.717) is 36.5 Å². The summed E-state index contributed by atoms with van der Waals surface area (Å²) in [5.74, 6) is -0.231. The maximum absolute atomic E-state index is 13.5. The molecule has 1 saturated heterocycles. The average molecular weight is 474 g/mol. The molecule has 2 unspecified atom stereocenters. The van der Waals surface area contributed by atoms with Gasteiger partial charge in [0, 0.05) is 35.6 Å². The second-order valence-corrected chi connectivity index (χ2v) is 9.31. The number of rotatable bonds is 7. The average Bonchev–Trinajstić information content (AvgIpc) is 3.40. The first-order chi connectivity index (χ1) is 17.1. The van der Waals surface area contributed by atoms with Gasteiger partial charge < -0.3 is 19.5 Å². The largest absolute Gasteiger partial charge is 0.489 e. The third-order valence-electron chi connectivity index (χ3n) is 6.89. The van der Waals surface area contributed by atoms with Crippen LogP contribution < -0.4 is 10.1 Å². The van der Waals surface area contributed by atoms with Gasteiger partial charge in [-0.1, -0.05) is 48.5 Å². The van der Waals surface area contributed by atoms with Gasteiger partial charge in [-0.25, -0.2) is 4.79 Å². The van der Waals surface area contributed by atoms with E-state index in [2.05, 4.69) is 5.32 Å². The molecule has 0 saturated carbocycles. The van der Waals surface area contributed by atoms with E-state index in [9.17, 15) is 9.59 Å². The van der Waals surface area contributed by atoms with Gasteiger partial charge in [0.05, 0.1) is 17.6 Å². The van der Waals surface area contributed by atoms with Crippen LogP contribution in [0.4, 0.5) is 0 Å². The molecule has 6 heteroatoms. The summed E-state index contributed by atoms with van der Waals surface area (Å²) in [6.45, 7) is 3.19. The predicted octanol–water partition coefficient (Wildman–Crippen LogP) is 4.96. The number of ketones is 1. The van der Waals surface area contributed by atoms with Crippen molar-refractivity contribution in [3.8, 4) is 5.75 Å². The van der Waals surface area contributed by atoms with E-state index in [-0.39, 0.29) is 18.5 Å². The molecule has 2 aliphatic heterocycles. The smallest absolute Gasteiger partial charge is 0.336 e. The third-order valence-corrected chi connectivity index (χ3v) is 6.89. The van der Waals surface area contributed by atoms with Crippen molar-refractivity contribution in [3.63, 3.8) is 0 Å². The molecular formula is C29H31NO5. The van der Waals surface area contributed by atoms with Crippen molar-refractivity contribution in [2.75, 3.05) is 13.2 Å². The Morgan fingerprint density at radius 3 is 2.66 bits per heavy atom. The molecule has 0 bridgehead atoms. The summed E-state index contributed by atoms with van der Waals surface area (Å²) in [7, 11) is 0. The van der Waals surface area contributed by atoms with E-state index in [4.69, 9.17) is 14.2 Å². The van der Waals surface area contributed by atoms with Crippen molar-refractivity contribution >= 4 is 11.8 Å². The van der Waals surface area contributed by atoms with Gasteiger partial charge >= 0.3 is 5.97 Å². The van der Waals surface area contributed by atoms with Gasteiger partial charge in [0.2, 0.25) is 0 Å². The lowest BCUT2D eigenvalue weighted by Gasteiger charge is -2.34. The minimum atomic E-state index is -0.539. The molecule has 1 aliphatic carbocycles. The number of hydrogen-bond acceptors (Lipinski definition) is 6. The van der Waals surface area contributed by atoms with Crippen molar-refractivity contribution < 1.29 is 23.8 Å². The van der Waals surface area contributed by atoms with Crippen LogP contribution in [0.2, 0.25) is 0 Å². The lowest BCUT2D eigenvalue weighted by Crippen LogP contribution is -2.35. The van der Waals surface area contributed by atoms with E-state index in [0.717, 1.165) is 48.2 Å². The first kappa shape index (κ1) is 23.4. The van der Waals surface area contributed by atoms with Crippen molar-refractivity contribution in [2.24, 2.45) is 0 Å². The fourth-order valence-corrected chi connectivity index (χ4v) is 5.17. The summed E-state index contributed by atoms with van der Waals surface area (Å²) in [6, 6.07) is 17.6. The summed E-state index contributed by atoms with van der Waals surface area (Å²) in [6.07, 6.45) is 3.85. The molecule has 0 radical (unpaired) electrons. The molecule has 3 aliphatic rings. The number of carbonyl (C=O) groups excluding carboxylic acids is 2. The van der Waals surface area contributed by atoms with E-state index in [1.54, 1.807) is 0 Å². The number of para-hydroxylation sites is 1. The van der Waals surface area contributed by atoms with Crippen LogP contribution in [0.3, 0.4) is 0 Å². The maximum Gasteiger partial charge on any atom is 0.336 e. The van der Waals surface area contributed by atoms with E-state index >= 15 is 0 Å². The van der Waals surface area contributed by atoms with Gasteiger partial charge in [0.1, 0.15) is 19.0 Å². The van der Waals surface area contributed by atoms with Gasteiger partial charge in [-0.15, -0.1) is 0 Å². The zero-order valence-electron chi connectivity index (χ0n) is 20.0. The van der Waals surface area contributed by atoms with E-state index in [1.807, 2.05) is 61.5 Å². The molecule has 0 amide bonds. The number of allylic oxidation sites excluding steroid dienone is 3. The number of Topliss-reactive ketones (excluding diaryl/α,β-unsaturated/α-hetero) is 1. The van der Waals surface area contributed by atoms with Crippen molar-refractivity contribution in [3.05, 3.63) is 88.3 Å². The SMILES string of the molecule is CC1=C(C(=O)OCC2CCCO2)C(c2ccccc2OCc2ccccc2)C2=C(CCCC2=O)N1. The highest BCUT2D eigenvalue weighted by Crippen LogP contribution is 2.45. The Balaban J connectivity index is 1.50. The predicted molar refractivity (Wildman–Crippen MR) is 132 cm³/mol. The maximum atomic E-state index is 13.5. The van der Waals surface area contributed by atoms with Gasteiger partial charge in [-0.05, 0) is 44.2 Å². The number of benzene rings is 2. The summed E-state index contributed by atoms with van der Waals surface area (Å²) >= 11 is 0. The lowest BCUT2D eigenvalue weighted by atomic mass is 9.75. The molecular weight excluding hydrogens is 442 g/mol. The van der Waals surface area contributed by atoms with Crippen LogP contribution >= 0.6 is 0 Å². The molecule has 1 N–H and O–H groups in total. The quantitative estimate of drug-likeness (QED) is 0.574. The lowest BCUT2D eigenvalue weighted by molar-refractivity contribution is -0.142. The number of carbonyl (C=O) groups is 2. The molecule has 6 nitrogen and oxygen atoms in total. The number of ether oxygens (including phenoxy) is 3. The Bertz CT molecular complexity index is 1160. The van der Waals surface area contributed by atoms with Gasteiger partial charge in [-0.3, -0.25) is 4.79 Å². The molecule has 2 atom stereocenters. The fraction of sp³-hybridized carbons (Fsp3) is 0.379. The van der Waals surface area contributed by atoms with Crippen LogP contribution in [-0.2, 0) is 25.7 Å². The van der Waals surface area contributed by atoms with Crippen molar-refractivity contribution in [2.45, 2.75) is 57.7 Å². The third kappa shape index (κ3) is 5.03. The van der Waals surface area contributed by atoms with Crippen LogP contribution in [-0.4, -0.2) is 31.1 Å². The van der Waals surface area contributed by atoms with E-state index in [1.165, 1.54) is 0 Å². The number of nitrogens with one attached hydrogen (secondary N) is 1. The second kappa shape index (κ2) is 10.5. The van der Waals surface area contributed by atoms with Gasteiger partial charge in [0.25, 0.3) is 0 Å². The summed E-state index contributed by atoms with van der Waals surface area (Å²) in [4.78, 5) is 26.7. The first-order valence-electron chi connectivity index (χ1n) is 12.4. The summed E-state index contributed by atoms with van der Waals surface area (Å²) < 4.78 is 17.6. The zero-order chi connectivity index (χ0) is 24.2. The standard InChI is InChI=1S/C29H31NO5/c1-19-26(29(32)35-18-21-11-8-16-33-21)27(28-23(30-19)13-7-14-24(28)31)22-12-5-6-15-25(22)34-17-20-9-3-2-4-10-20/h2-6,9-10,12,15,21,27,30H,7-8,11,13-14,16-18H2,1H3. The Morgan fingerprint density at radius 1 is 1.06 bits per heavy atom. The molecule has 1 fully saturated rings. The minimum absolute atomic E-state index is 0.0672. The Kier molecular flexibility index (Phi) is 7.00. The summed E-state index contributed by atoms with van der Waals surface area (Å²) in [5.41, 5.74) is 4.59. The number of hydrogen-bond donors (Lipinski definition) is 1. The second-order valence-electron chi connectivity index (χ2n) is 9.31. The zero-order valence-corrected chi connectivity index (χ0v) is 20.0. The molecule has 0 spiro atoms. The van der Waals surface area contributed by atoms with Crippen LogP contribution in [0.15, 0.2) is 77.1 Å². The van der Waals surface area contributed by atoms with E-state index < -0.39 is 11.9 Å². The van der Waals surface area contributed by atoms with Gasteiger partial charge in [0.15, 0.2) is 5.78 Å². The molecule has 2 aromatic rings. The van der Waals surface area contributed by atoms with Crippen LogP contribution in [0.5, 0.6) is 5.75 Å². The molecule has 2 heterocycles. The Morgan fingerprint density at radius 2 is 1.86 bits per heavy atom. The normalized spacial score (nSPS) is 22.0. The highest BCUT2D eigenvalue weighted by Gasteiger charge is 2.40. The first-order valence-corrected chi connectivity index (χ1v) is 12.4. The number of esters is 1. The number of dihydropyridines is 1. The Labute approximate surface area is 206 Å². The van der Waals surface area contributed by atoms with Crippen molar-refractivity contribution in [1.29, 1.82) is 0 Å². The Hall–Kier alpha value is -3.38. The molecule has 182 valence electrons. The van der Waals surface area contributed by atoms with Crippen LogP contribution in [0.25, 0.3) is 0 Å². The monoisotopic (exact) mass is 473 g/mol. The summed E-state index contributed by atoms with van der Waals surface area (Å²) in [5, 5.41) is 3.35. The van der Waals surface area contributed by atoms with Gasteiger partial charge in [-0.2, -0.15) is 0 Å². The highest BCUT2D eigenvalue weighted by atomic mass is 16.6. The van der Waals surface area contributed by atoms with Crippen molar-refractivity contribution in [1.82, 2.24) is 5.32 Å². The molecule has 5 rings (SSSR count). The topological polar surface area (TPSA) is 73.9 Å². The molecule has 0 aromatic heterocycles. The van der Waals surface area contributed by atoms with Crippen LogP contribution in [0, 0.1) is 0 Å². The molecule has 2 aromatic carbocycles. The minimum Gasteiger partial charge on any atom is -0.489 e. The van der Waals surface area contributed by atoms with Crippen LogP contribution in [0.1, 0.15) is 56.1 Å². The fourth-order valence-electron chi connectivity index (χ4n) is 5.17. The highest BCUT2D eigenvalue weighted by molar-refractivity contribution is 6.04.